The van der Waals surface area contributed by atoms with Crippen LogP contribution in [0, 0.1) is 11.3 Å². The van der Waals surface area contributed by atoms with E-state index < -0.39 is 0 Å². The lowest BCUT2D eigenvalue weighted by molar-refractivity contribution is 1.02. The van der Waals surface area contributed by atoms with Gasteiger partial charge in [0.2, 0.25) is 0 Å². The number of benzene rings is 1. The highest BCUT2D eigenvalue weighted by Crippen LogP contribution is 2.27. The molecule has 3 nitrogen and oxygen atoms in total. The van der Waals surface area contributed by atoms with E-state index in [0.29, 0.717) is 5.56 Å². The number of anilines is 1. The van der Waals surface area contributed by atoms with Gasteiger partial charge in [0, 0.05) is 11.6 Å². The van der Waals surface area contributed by atoms with E-state index in [0.717, 1.165) is 23.0 Å². The van der Waals surface area contributed by atoms with Crippen molar-refractivity contribution in [1.82, 2.24) is 4.37 Å². The second-order valence-corrected chi connectivity index (χ2v) is 5.16. The Bertz CT molecular complexity index is 572. The van der Waals surface area contributed by atoms with E-state index in [4.69, 9.17) is 28.5 Å². The van der Waals surface area contributed by atoms with Crippen LogP contribution in [0.25, 0.3) is 0 Å². The largest absolute Gasteiger partial charge is 0.374 e. The smallest absolute Gasteiger partial charge is 0.162 e. The predicted molar refractivity (Wildman–Crippen MR) is 75.5 cm³/mol. The summed E-state index contributed by atoms with van der Waals surface area (Å²) < 4.78 is 3.93. The molecule has 2 aromatic rings. The summed E-state index contributed by atoms with van der Waals surface area (Å²) in [6, 6.07) is 9.72. The maximum absolute atomic E-state index is 8.91. The average molecular weight is 298 g/mol. The molecule has 0 aliphatic carbocycles. The second-order valence-electron chi connectivity index (χ2n) is 3.59. The molecule has 2 rings (SSSR count). The Kier molecular flexibility index (Phi) is 4.43. The van der Waals surface area contributed by atoms with Crippen molar-refractivity contribution in [2.24, 2.45) is 0 Å². The fraction of sp³-hybridized carbons (Fsp3) is 0.167. The van der Waals surface area contributed by atoms with Gasteiger partial charge < -0.3 is 5.32 Å². The highest BCUT2D eigenvalue weighted by Gasteiger charge is 2.10. The zero-order valence-electron chi connectivity index (χ0n) is 9.28. The monoisotopic (exact) mass is 297 g/mol. The molecule has 0 atom stereocenters. The Labute approximate surface area is 119 Å². The number of rotatable bonds is 4. The van der Waals surface area contributed by atoms with Crippen molar-refractivity contribution in [2.45, 2.75) is 6.42 Å². The number of aromatic nitrogens is 1. The molecule has 0 unspecified atom stereocenters. The zero-order valence-corrected chi connectivity index (χ0v) is 11.6. The van der Waals surface area contributed by atoms with Crippen molar-refractivity contribution < 1.29 is 0 Å². The lowest BCUT2D eigenvalue weighted by Gasteiger charge is -2.04. The number of nitriles is 1. The standard InChI is InChI=1S/C12H9Cl2N3S/c13-9-3-1-8(2-4-9)5-6-16-12-10(7-15)11(14)17-18-12/h1-4,16H,5-6H2. The van der Waals surface area contributed by atoms with Crippen molar-refractivity contribution in [3.8, 4) is 6.07 Å². The van der Waals surface area contributed by atoms with Gasteiger partial charge in [-0.3, -0.25) is 0 Å². The molecule has 0 aliphatic heterocycles. The van der Waals surface area contributed by atoms with Crippen LogP contribution in [0.1, 0.15) is 11.1 Å². The molecule has 0 saturated carbocycles. The fourth-order valence-electron chi connectivity index (χ4n) is 1.46. The molecule has 1 aromatic carbocycles. The van der Waals surface area contributed by atoms with Crippen LogP contribution < -0.4 is 5.32 Å². The van der Waals surface area contributed by atoms with E-state index in [2.05, 4.69) is 9.69 Å². The van der Waals surface area contributed by atoms with Crippen molar-refractivity contribution in [3.05, 3.63) is 45.6 Å². The van der Waals surface area contributed by atoms with Gasteiger partial charge in [0.1, 0.15) is 16.6 Å². The Morgan fingerprint density at radius 2 is 2.00 bits per heavy atom. The number of hydrogen-bond acceptors (Lipinski definition) is 4. The van der Waals surface area contributed by atoms with Gasteiger partial charge in [-0.15, -0.1) is 0 Å². The molecule has 0 fully saturated rings. The molecule has 1 heterocycles. The lowest BCUT2D eigenvalue weighted by atomic mass is 10.1. The molecule has 0 amide bonds. The third-order valence-corrected chi connectivity index (χ3v) is 3.81. The van der Waals surface area contributed by atoms with Crippen molar-refractivity contribution in [3.63, 3.8) is 0 Å². The van der Waals surface area contributed by atoms with Gasteiger partial charge in [-0.05, 0) is 35.6 Å². The Morgan fingerprint density at radius 3 is 2.67 bits per heavy atom. The van der Waals surface area contributed by atoms with Crippen LogP contribution >= 0.6 is 34.7 Å². The lowest BCUT2D eigenvalue weighted by Crippen LogP contribution is -2.04. The molecule has 0 radical (unpaired) electrons. The average Bonchev–Trinajstić information content (AvgIpc) is 2.72. The number of nitrogens with one attached hydrogen (secondary N) is 1. The summed E-state index contributed by atoms with van der Waals surface area (Å²) in [5.74, 6) is 0. The first-order valence-corrected chi connectivity index (χ1v) is 6.77. The van der Waals surface area contributed by atoms with Gasteiger partial charge in [-0.1, -0.05) is 35.3 Å². The minimum atomic E-state index is 0.261. The van der Waals surface area contributed by atoms with Crippen LogP contribution in [-0.4, -0.2) is 10.9 Å². The van der Waals surface area contributed by atoms with Gasteiger partial charge >= 0.3 is 0 Å². The maximum atomic E-state index is 8.91. The summed E-state index contributed by atoms with van der Waals surface area (Å²) in [6.07, 6.45) is 0.845. The quantitative estimate of drug-likeness (QED) is 0.929. The van der Waals surface area contributed by atoms with Gasteiger partial charge in [-0.2, -0.15) is 9.64 Å². The topological polar surface area (TPSA) is 48.7 Å². The first-order chi connectivity index (χ1) is 8.70. The third kappa shape index (κ3) is 3.14. The third-order valence-electron chi connectivity index (χ3n) is 2.37. The summed E-state index contributed by atoms with van der Waals surface area (Å²) in [5.41, 5.74) is 1.60. The Hall–Kier alpha value is -1.28. The molecule has 18 heavy (non-hydrogen) atoms. The minimum Gasteiger partial charge on any atom is -0.374 e. The molecular formula is C12H9Cl2N3S. The van der Waals surface area contributed by atoms with Gasteiger partial charge in [0.05, 0.1) is 0 Å². The van der Waals surface area contributed by atoms with Crippen LogP contribution in [0.5, 0.6) is 0 Å². The molecule has 0 spiro atoms. The summed E-state index contributed by atoms with van der Waals surface area (Å²) in [7, 11) is 0. The molecule has 1 N–H and O–H groups in total. The molecule has 0 bridgehead atoms. The van der Waals surface area contributed by atoms with Gasteiger partial charge in [0.15, 0.2) is 5.15 Å². The first-order valence-electron chi connectivity index (χ1n) is 5.24. The van der Waals surface area contributed by atoms with Crippen LogP contribution in [-0.2, 0) is 6.42 Å². The van der Waals surface area contributed by atoms with Crippen LogP contribution in [0.2, 0.25) is 10.2 Å². The normalized spacial score (nSPS) is 10.1. The van der Waals surface area contributed by atoms with E-state index in [1.54, 1.807) is 0 Å². The summed E-state index contributed by atoms with van der Waals surface area (Å²) >= 11 is 12.8. The molecular weight excluding hydrogens is 289 g/mol. The molecule has 0 aliphatic rings. The van der Waals surface area contributed by atoms with E-state index in [9.17, 15) is 0 Å². The second kappa shape index (κ2) is 6.05. The molecule has 92 valence electrons. The number of hydrogen-bond donors (Lipinski definition) is 1. The van der Waals surface area contributed by atoms with Crippen molar-refractivity contribution in [2.75, 3.05) is 11.9 Å². The highest BCUT2D eigenvalue weighted by atomic mass is 35.5. The van der Waals surface area contributed by atoms with E-state index in [-0.39, 0.29) is 5.15 Å². The first kappa shape index (κ1) is 13.2. The van der Waals surface area contributed by atoms with E-state index in [1.807, 2.05) is 30.3 Å². The zero-order chi connectivity index (χ0) is 13.0. The van der Waals surface area contributed by atoms with Crippen molar-refractivity contribution in [1.29, 1.82) is 5.26 Å². The predicted octanol–water partition coefficient (Wildman–Crippen LogP) is 3.98. The van der Waals surface area contributed by atoms with Crippen LogP contribution in [0.3, 0.4) is 0 Å². The van der Waals surface area contributed by atoms with E-state index in [1.165, 1.54) is 17.1 Å². The van der Waals surface area contributed by atoms with Crippen LogP contribution in [0.4, 0.5) is 5.00 Å². The molecule has 6 heteroatoms. The van der Waals surface area contributed by atoms with E-state index >= 15 is 0 Å². The van der Waals surface area contributed by atoms with Gasteiger partial charge in [0.25, 0.3) is 0 Å². The maximum Gasteiger partial charge on any atom is 0.162 e. The van der Waals surface area contributed by atoms with Crippen LogP contribution in [0.15, 0.2) is 24.3 Å². The number of halogens is 2. The molecule has 0 saturated heterocycles. The highest BCUT2D eigenvalue weighted by molar-refractivity contribution is 7.10. The Morgan fingerprint density at radius 1 is 1.28 bits per heavy atom. The molecule has 1 aromatic heterocycles. The Balaban J connectivity index is 1.93. The summed E-state index contributed by atoms with van der Waals surface area (Å²) in [6.45, 7) is 0.717. The minimum absolute atomic E-state index is 0.261. The fourth-order valence-corrected chi connectivity index (χ4v) is 2.54. The summed E-state index contributed by atoms with van der Waals surface area (Å²) in [4.78, 5) is 0. The van der Waals surface area contributed by atoms with Crippen molar-refractivity contribution >= 4 is 39.7 Å². The summed E-state index contributed by atoms with van der Waals surface area (Å²) in [5, 5.41) is 13.8. The number of nitrogens with zero attached hydrogens (tertiary/aromatic N) is 2. The van der Waals surface area contributed by atoms with Gasteiger partial charge in [-0.25, -0.2) is 0 Å². The SMILES string of the molecule is N#Cc1c(Cl)nsc1NCCc1ccc(Cl)cc1.